The summed E-state index contributed by atoms with van der Waals surface area (Å²) in [4.78, 5) is 14.4. The third-order valence-corrected chi connectivity index (χ3v) is 5.83. The molecule has 1 aliphatic rings. The van der Waals surface area contributed by atoms with Gasteiger partial charge < -0.3 is 10.2 Å². The Labute approximate surface area is 160 Å². The quantitative estimate of drug-likeness (QED) is 0.846. The molecule has 0 radical (unpaired) electrons. The Bertz CT molecular complexity index is 827. The van der Waals surface area contributed by atoms with Crippen molar-refractivity contribution in [2.75, 3.05) is 24.5 Å². The van der Waals surface area contributed by atoms with Crippen LogP contribution in [0.15, 0.2) is 24.3 Å². The van der Waals surface area contributed by atoms with Crippen molar-refractivity contribution in [2.45, 2.75) is 19.3 Å². The predicted octanol–water partition coefficient (Wildman–Crippen LogP) is 3.38. The summed E-state index contributed by atoms with van der Waals surface area (Å²) in [6.07, 6.45) is 1.87. The van der Waals surface area contributed by atoms with E-state index >= 15 is 0 Å². The van der Waals surface area contributed by atoms with Gasteiger partial charge in [0.1, 0.15) is 22.5 Å². The Balaban J connectivity index is 1.48. The van der Waals surface area contributed by atoms with Crippen molar-refractivity contribution >= 4 is 34.0 Å². The molecule has 1 aromatic heterocycles. The van der Waals surface area contributed by atoms with Crippen LogP contribution in [0.5, 0.6) is 0 Å². The molecule has 0 spiro atoms. The normalized spacial score (nSPS) is 14.9. The molecular formula is C18H18ClFN4OS. The maximum Gasteiger partial charge on any atom is 0.223 e. The molecular weight excluding hydrogens is 375 g/mol. The molecule has 0 aliphatic carbocycles. The third kappa shape index (κ3) is 4.14. The van der Waals surface area contributed by atoms with E-state index in [-0.39, 0.29) is 22.8 Å². The summed E-state index contributed by atoms with van der Waals surface area (Å²) in [5.74, 6) is -0.309. The van der Waals surface area contributed by atoms with E-state index < -0.39 is 0 Å². The Morgan fingerprint density at radius 2 is 2.15 bits per heavy atom. The molecule has 0 saturated carbocycles. The molecule has 2 heterocycles. The monoisotopic (exact) mass is 392 g/mol. The maximum atomic E-state index is 13.6. The maximum absolute atomic E-state index is 13.6. The number of benzene rings is 1. The molecule has 0 atom stereocenters. The highest BCUT2D eigenvalue weighted by atomic mass is 35.5. The first-order valence-electron chi connectivity index (χ1n) is 8.41. The number of amides is 1. The van der Waals surface area contributed by atoms with Gasteiger partial charge in [0.25, 0.3) is 0 Å². The number of nitrogens with zero attached hydrogens (tertiary/aromatic N) is 3. The summed E-state index contributed by atoms with van der Waals surface area (Å²) in [6.45, 7) is 1.78. The molecule has 1 saturated heterocycles. The van der Waals surface area contributed by atoms with E-state index in [0.717, 1.165) is 5.00 Å². The largest absolute Gasteiger partial charge is 0.361 e. The Kier molecular flexibility index (Phi) is 6.07. The van der Waals surface area contributed by atoms with Crippen LogP contribution in [0.25, 0.3) is 0 Å². The summed E-state index contributed by atoms with van der Waals surface area (Å²) in [7, 11) is 0. The minimum atomic E-state index is -0.244. The van der Waals surface area contributed by atoms with Crippen LogP contribution in [0.3, 0.4) is 0 Å². The summed E-state index contributed by atoms with van der Waals surface area (Å²) in [5, 5.41) is 13.1. The van der Waals surface area contributed by atoms with Crippen molar-refractivity contribution in [3.63, 3.8) is 0 Å². The Morgan fingerprint density at radius 1 is 1.42 bits per heavy atom. The lowest BCUT2D eigenvalue weighted by Gasteiger charge is -2.31. The van der Waals surface area contributed by atoms with Crippen molar-refractivity contribution in [1.29, 1.82) is 5.26 Å². The summed E-state index contributed by atoms with van der Waals surface area (Å²) < 4.78 is 17.6. The Morgan fingerprint density at radius 3 is 2.85 bits per heavy atom. The zero-order valence-electron chi connectivity index (χ0n) is 14.0. The van der Waals surface area contributed by atoms with E-state index in [9.17, 15) is 14.4 Å². The SMILES string of the molecule is N#Cc1c(Cl)nsc1N1CCC(C(=O)NCCc2ccccc2F)CC1. The second kappa shape index (κ2) is 8.47. The lowest BCUT2D eigenvalue weighted by Crippen LogP contribution is -2.41. The number of nitrogens with one attached hydrogen (secondary N) is 1. The van der Waals surface area contributed by atoms with Gasteiger partial charge in [0.05, 0.1) is 0 Å². The van der Waals surface area contributed by atoms with E-state index in [2.05, 4.69) is 20.7 Å². The first kappa shape index (κ1) is 18.6. The minimum Gasteiger partial charge on any atom is -0.361 e. The van der Waals surface area contributed by atoms with E-state index in [4.69, 9.17) is 11.6 Å². The van der Waals surface area contributed by atoms with E-state index in [0.29, 0.717) is 50.0 Å². The van der Waals surface area contributed by atoms with Gasteiger partial charge in [-0.15, -0.1) is 0 Å². The molecule has 8 heteroatoms. The standard InChI is InChI=1S/C18H18ClFN4OS/c19-16-14(11-21)18(26-23-16)24-9-6-13(7-10-24)17(25)22-8-5-12-3-1-2-4-15(12)20/h1-4,13H,5-10H2,(H,22,25). The van der Waals surface area contributed by atoms with Crippen molar-refractivity contribution in [2.24, 2.45) is 5.92 Å². The average Bonchev–Trinajstić information content (AvgIpc) is 3.04. The minimum absolute atomic E-state index is 0.00355. The average molecular weight is 393 g/mol. The molecule has 26 heavy (non-hydrogen) atoms. The summed E-state index contributed by atoms with van der Waals surface area (Å²) in [5.41, 5.74) is 1.01. The molecule has 1 N–H and O–H groups in total. The number of carbonyl (C=O) groups excluding carboxylic acids is 1. The van der Waals surface area contributed by atoms with Gasteiger partial charge in [0.2, 0.25) is 5.91 Å². The number of carbonyl (C=O) groups is 1. The number of halogens is 2. The molecule has 0 unspecified atom stereocenters. The van der Waals surface area contributed by atoms with Crippen LogP contribution in [0.2, 0.25) is 5.15 Å². The van der Waals surface area contributed by atoms with Gasteiger partial charge in [-0.05, 0) is 42.4 Å². The number of hydrogen-bond acceptors (Lipinski definition) is 5. The summed E-state index contributed by atoms with van der Waals surface area (Å²) in [6, 6.07) is 8.68. The highest BCUT2D eigenvalue weighted by Crippen LogP contribution is 2.33. The number of anilines is 1. The second-order valence-electron chi connectivity index (χ2n) is 6.16. The first-order valence-corrected chi connectivity index (χ1v) is 9.56. The number of nitriles is 1. The van der Waals surface area contributed by atoms with Crippen LogP contribution >= 0.6 is 23.1 Å². The van der Waals surface area contributed by atoms with E-state index in [1.807, 2.05) is 0 Å². The van der Waals surface area contributed by atoms with E-state index in [1.165, 1.54) is 17.6 Å². The molecule has 2 aromatic rings. The zero-order valence-corrected chi connectivity index (χ0v) is 15.6. The van der Waals surface area contributed by atoms with Crippen LogP contribution in [-0.4, -0.2) is 29.9 Å². The van der Waals surface area contributed by atoms with Gasteiger partial charge in [0, 0.05) is 25.6 Å². The number of rotatable bonds is 5. The van der Waals surface area contributed by atoms with Gasteiger partial charge in [-0.3, -0.25) is 4.79 Å². The fourth-order valence-corrected chi connectivity index (χ4v) is 4.16. The smallest absolute Gasteiger partial charge is 0.223 e. The molecule has 1 fully saturated rings. The summed E-state index contributed by atoms with van der Waals surface area (Å²) >= 11 is 7.14. The van der Waals surface area contributed by atoms with Gasteiger partial charge >= 0.3 is 0 Å². The van der Waals surface area contributed by atoms with Crippen molar-refractivity contribution < 1.29 is 9.18 Å². The van der Waals surface area contributed by atoms with Crippen LogP contribution in [0.4, 0.5) is 9.39 Å². The van der Waals surface area contributed by atoms with Gasteiger partial charge in [-0.1, -0.05) is 29.8 Å². The van der Waals surface area contributed by atoms with Gasteiger partial charge in [0.15, 0.2) is 5.15 Å². The second-order valence-corrected chi connectivity index (χ2v) is 7.27. The van der Waals surface area contributed by atoms with Crippen LogP contribution in [0, 0.1) is 23.1 Å². The highest BCUT2D eigenvalue weighted by molar-refractivity contribution is 7.10. The zero-order chi connectivity index (χ0) is 18.5. The van der Waals surface area contributed by atoms with Crippen molar-refractivity contribution in [3.8, 4) is 6.07 Å². The third-order valence-electron chi connectivity index (χ3n) is 4.55. The van der Waals surface area contributed by atoms with Gasteiger partial charge in [-0.2, -0.15) is 9.64 Å². The molecule has 136 valence electrons. The topological polar surface area (TPSA) is 69.0 Å². The van der Waals surface area contributed by atoms with Crippen molar-refractivity contribution in [3.05, 3.63) is 46.4 Å². The predicted molar refractivity (Wildman–Crippen MR) is 99.9 cm³/mol. The number of aromatic nitrogens is 1. The molecule has 1 aromatic carbocycles. The lowest BCUT2D eigenvalue weighted by atomic mass is 9.96. The van der Waals surface area contributed by atoms with Crippen LogP contribution in [0.1, 0.15) is 24.0 Å². The number of piperidine rings is 1. The molecule has 0 bridgehead atoms. The fourth-order valence-electron chi connectivity index (χ4n) is 3.08. The molecule has 3 rings (SSSR count). The molecule has 5 nitrogen and oxygen atoms in total. The van der Waals surface area contributed by atoms with Gasteiger partial charge in [-0.25, -0.2) is 4.39 Å². The molecule has 1 amide bonds. The van der Waals surface area contributed by atoms with Crippen LogP contribution in [-0.2, 0) is 11.2 Å². The first-order chi connectivity index (χ1) is 12.6. The van der Waals surface area contributed by atoms with E-state index in [1.54, 1.807) is 18.2 Å². The highest BCUT2D eigenvalue weighted by Gasteiger charge is 2.27. The number of hydrogen-bond donors (Lipinski definition) is 1. The van der Waals surface area contributed by atoms with Crippen LogP contribution < -0.4 is 10.2 Å². The fraction of sp³-hybridized carbons (Fsp3) is 0.389. The molecule has 1 aliphatic heterocycles. The van der Waals surface area contributed by atoms with Crippen molar-refractivity contribution in [1.82, 2.24) is 9.69 Å². The lowest BCUT2D eigenvalue weighted by molar-refractivity contribution is -0.125. The Hall–Kier alpha value is -2.17.